The number of nitrogens with one attached hydrogen (secondary N) is 1. The number of hydrogen-bond acceptors (Lipinski definition) is 5. The van der Waals surface area contributed by atoms with Crippen LogP contribution >= 0.6 is 0 Å². The Bertz CT molecular complexity index is 615. The number of aromatic nitrogens is 3. The Balaban J connectivity index is 1.93. The number of nitrogens with zero attached hydrogens (tertiary/aromatic N) is 3. The predicted molar refractivity (Wildman–Crippen MR) is 63.7 cm³/mol. The molecule has 2 aromatic heterocycles. The fourth-order valence-electron chi connectivity index (χ4n) is 1.54. The molecule has 0 aliphatic carbocycles. The Morgan fingerprint density at radius 1 is 1.43 bits per heavy atom. The highest BCUT2D eigenvalue weighted by Crippen LogP contribution is 2.18. The van der Waals surface area contributed by atoms with Crippen molar-refractivity contribution in [3.05, 3.63) is 41.6 Å². The van der Waals surface area contributed by atoms with Crippen LogP contribution in [0.15, 0.2) is 22.9 Å². The van der Waals surface area contributed by atoms with Gasteiger partial charge in [-0.2, -0.15) is 13.8 Å². The van der Waals surface area contributed by atoms with E-state index in [-0.39, 0.29) is 12.2 Å². The number of amides is 1. The Morgan fingerprint density at radius 2 is 2.19 bits per heavy atom. The summed E-state index contributed by atoms with van der Waals surface area (Å²) in [6.07, 6.45) is -1.94. The van der Waals surface area contributed by atoms with Crippen molar-refractivity contribution in [1.29, 1.82) is 0 Å². The van der Waals surface area contributed by atoms with Crippen molar-refractivity contribution in [2.75, 3.05) is 0 Å². The fourth-order valence-corrected chi connectivity index (χ4v) is 1.54. The van der Waals surface area contributed by atoms with Crippen LogP contribution in [0.3, 0.4) is 0 Å². The van der Waals surface area contributed by atoms with E-state index in [9.17, 15) is 18.0 Å². The van der Waals surface area contributed by atoms with Gasteiger partial charge >= 0.3 is 6.43 Å². The third-order valence-electron chi connectivity index (χ3n) is 2.54. The minimum Gasteiger partial charge on any atom is -0.346 e. The van der Waals surface area contributed by atoms with Crippen molar-refractivity contribution >= 4 is 5.91 Å². The Hall–Kier alpha value is -2.45. The highest BCUT2D eigenvalue weighted by Gasteiger charge is 2.20. The Morgan fingerprint density at radius 3 is 2.76 bits per heavy atom. The second kappa shape index (κ2) is 6.33. The number of halogens is 3. The Kier molecular flexibility index (Phi) is 4.51. The molecule has 0 aromatic carbocycles. The quantitative estimate of drug-likeness (QED) is 0.913. The molecule has 2 rings (SSSR count). The maximum Gasteiger partial charge on any atom is 0.315 e. The maximum absolute atomic E-state index is 12.7. The molecule has 21 heavy (non-hydrogen) atoms. The zero-order valence-electron chi connectivity index (χ0n) is 10.9. The lowest BCUT2D eigenvalue weighted by molar-refractivity contribution is -0.121. The molecule has 9 heteroatoms. The first-order valence-corrected chi connectivity index (χ1v) is 5.97. The molecule has 2 aromatic rings. The van der Waals surface area contributed by atoms with Crippen molar-refractivity contribution in [3.8, 4) is 0 Å². The molecule has 0 radical (unpaired) electrons. The van der Waals surface area contributed by atoms with Crippen LogP contribution in [0.1, 0.15) is 36.8 Å². The van der Waals surface area contributed by atoms with E-state index in [0.29, 0.717) is 5.69 Å². The van der Waals surface area contributed by atoms with Crippen LogP contribution in [-0.4, -0.2) is 21.0 Å². The van der Waals surface area contributed by atoms with Crippen LogP contribution in [0.5, 0.6) is 0 Å². The van der Waals surface area contributed by atoms with Gasteiger partial charge in [-0.3, -0.25) is 9.78 Å². The van der Waals surface area contributed by atoms with Gasteiger partial charge in [0.05, 0.1) is 18.7 Å². The van der Waals surface area contributed by atoms with Gasteiger partial charge in [0.1, 0.15) is 5.82 Å². The zero-order chi connectivity index (χ0) is 15.4. The number of rotatable bonds is 5. The van der Waals surface area contributed by atoms with Crippen molar-refractivity contribution in [1.82, 2.24) is 20.4 Å². The summed E-state index contributed by atoms with van der Waals surface area (Å²) < 4.78 is 41.6. The summed E-state index contributed by atoms with van der Waals surface area (Å²) >= 11 is 0. The smallest absolute Gasteiger partial charge is 0.315 e. The highest BCUT2D eigenvalue weighted by molar-refractivity contribution is 5.78. The Labute approximate surface area is 117 Å². The maximum atomic E-state index is 12.7. The molecule has 0 saturated heterocycles. The number of carbonyl (C=O) groups is 1. The molecular formula is C12H11F3N4O2. The van der Waals surface area contributed by atoms with Gasteiger partial charge in [0.25, 0.3) is 5.89 Å². The molecule has 0 spiro atoms. The highest BCUT2D eigenvalue weighted by atomic mass is 19.3. The second-order valence-corrected chi connectivity index (χ2v) is 4.23. The van der Waals surface area contributed by atoms with Crippen LogP contribution in [0.2, 0.25) is 0 Å². The second-order valence-electron chi connectivity index (χ2n) is 4.23. The van der Waals surface area contributed by atoms with Crippen LogP contribution in [0.25, 0.3) is 0 Å². The van der Waals surface area contributed by atoms with Crippen LogP contribution in [-0.2, 0) is 11.2 Å². The SMILES string of the molecule is CC(NC(=O)Cc1ccc(F)cn1)c1noc(C(F)F)n1. The monoisotopic (exact) mass is 300 g/mol. The van der Waals surface area contributed by atoms with Gasteiger partial charge in [0, 0.05) is 5.69 Å². The molecule has 1 amide bonds. The molecule has 0 saturated carbocycles. The van der Waals surface area contributed by atoms with Gasteiger partial charge in [0.15, 0.2) is 5.82 Å². The predicted octanol–water partition coefficient (Wildman–Crippen LogP) is 1.96. The third kappa shape index (κ3) is 4.01. The lowest BCUT2D eigenvalue weighted by atomic mass is 10.2. The summed E-state index contributed by atoms with van der Waals surface area (Å²) in [5.41, 5.74) is 0.377. The minimum absolute atomic E-state index is 0.0503. The summed E-state index contributed by atoms with van der Waals surface area (Å²) in [5.74, 6) is -1.78. The molecule has 2 heterocycles. The molecule has 0 aliphatic heterocycles. The van der Waals surface area contributed by atoms with Gasteiger partial charge in [-0.05, 0) is 19.1 Å². The summed E-state index contributed by atoms with van der Waals surface area (Å²) in [6.45, 7) is 1.52. The van der Waals surface area contributed by atoms with Crippen LogP contribution < -0.4 is 5.32 Å². The molecule has 0 aliphatic rings. The molecular weight excluding hydrogens is 289 g/mol. The van der Waals surface area contributed by atoms with Crippen molar-refractivity contribution < 1.29 is 22.5 Å². The molecule has 1 unspecified atom stereocenters. The van der Waals surface area contributed by atoms with E-state index < -0.39 is 30.1 Å². The average molecular weight is 300 g/mol. The van der Waals surface area contributed by atoms with Gasteiger partial charge in [0.2, 0.25) is 5.91 Å². The van der Waals surface area contributed by atoms with Crippen LogP contribution in [0, 0.1) is 5.82 Å². The van der Waals surface area contributed by atoms with Crippen molar-refractivity contribution in [2.45, 2.75) is 25.8 Å². The van der Waals surface area contributed by atoms with Crippen molar-refractivity contribution in [2.24, 2.45) is 0 Å². The first-order valence-electron chi connectivity index (χ1n) is 5.97. The normalized spacial score (nSPS) is 12.4. The lowest BCUT2D eigenvalue weighted by Gasteiger charge is -2.09. The van der Waals surface area contributed by atoms with Gasteiger partial charge in [-0.25, -0.2) is 4.39 Å². The zero-order valence-corrected chi connectivity index (χ0v) is 10.9. The summed E-state index contributed by atoms with van der Waals surface area (Å²) in [7, 11) is 0. The number of pyridine rings is 1. The van der Waals surface area contributed by atoms with Gasteiger partial charge < -0.3 is 9.84 Å². The molecule has 6 nitrogen and oxygen atoms in total. The van der Waals surface area contributed by atoms with E-state index in [1.807, 2.05) is 0 Å². The minimum atomic E-state index is -2.86. The van der Waals surface area contributed by atoms with E-state index in [1.165, 1.54) is 19.1 Å². The summed E-state index contributed by atoms with van der Waals surface area (Å²) in [4.78, 5) is 19.0. The third-order valence-corrected chi connectivity index (χ3v) is 2.54. The van der Waals surface area contributed by atoms with E-state index in [1.54, 1.807) is 0 Å². The molecule has 0 fully saturated rings. The lowest BCUT2D eigenvalue weighted by Crippen LogP contribution is -2.29. The van der Waals surface area contributed by atoms with E-state index in [0.717, 1.165) is 6.20 Å². The molecule has 1 N–H and O–H groups in total. The first-order chi connectivity index (χ1) is 9.95. The van der Waals surface area contributed by atoms with E-state index >= 15 is 0 Å². The summed E-state index contributed by atoms with van der Waals surface area (Å²) in [5, 5.41) is 5.87. The topological polar surface area (TPSA) is 80.9 Å². The largest absolute Gasteiger partial charge is 0.346 e. The number of alkyl halides is 2. The van der Waals surface area contributed by atoms with E-state index in [2.05, 4.69) is 25.0 Å². The summed E-state index contributed by atoms with van der Waals surface area (Å²) in [6, 6.07) is 1.87. The molecule has 112 valence electrons. The van der Waals surface area contributed by atoms with Gasteiger partial charge in [-0.1, -0.05) is 5.16 Å². The first kappa shape index (κ1) is 14.9. The fraction of sp³-hybridized carbons (Fsp3) is 0.333. The standard InChI is InChI=1S/C12H11F3N4O2/c1-6(11-18-12(10(14)15)21-19-11)17-9(20)4-8-3-2-7(13)5-16-8/h2-3,5-6,10H,4H2,1H3,(H,17,20). The number of hydrogen-bond donors (Lipinski definition) is 1. The molecule has 0 bridgehead atoms. The molecule has 1 atom stereocenters. The van der Waals surface area contributed by atoms with E-state index in [4.69, 9.17) is 0 Å². The number of carbonyl (C=O) groups excluding carboxylic acids is 1. The van der Waals surface area contributed by atoms with Gasteiger partial charge in [-0.15, -0.1) is 0 Å². The van der Waals surface area contributed by atoms with Crippen molar-refractivity contribution in [3.63, 3.8) is 0 Å². The average Bonchev–Trinajstić information content (AvgIpc) is 2.91. The van der Waals surface area contributed by atoms with Crippen LogP contribution in [0.4, 0.5) is 13.2 Å².